The summed E-state index contributed by atoms with van der Waals surface area (Å²) in [6.45, 7) is 3.26. The van der Waals surface area contributed by atoms with Crippen LogP contribution >= 0.6 is 11.3 Å². The SMILES string of the molecule is CCC(COCc1cc(OC)c(OC)c(OC)c1)(c1ccsc1)N(C)C. The van der Waals surface area contributed by atoms with E-state index in [1.165, 1.54) is 5.56 Å². The standard InChI is InChI=1S/C20H29NO4S/c1-7-20(21(2)3,16-8-9-26-13-16)14-25-12-15-10-17(22-4)19(24-6)18(11-15)23-5/h8-11,13H,7,12,14H2,1-6H3. The molecule has 1 aromatic carbocycles. The number of benzene rings is 1. The molecule has 0 saturated heterocycles. The van der Waals surface area contributed by atoms with Gasteiger partial charge in [-0.25, -0.2) is 0 Å². The number of rotatable bonds is 10. The van der Waals surface area contributed by atoms with Gasteiger partial charge in [0, 0.05) is 0 Å². The van der Waals surface area contributed by atoms with Crippen molar-refractivity contribution in [3.05, 3.63) is 40.1 Å². The van der Waals surface area contributed by atoms with Gasteiger partial charge in [0.25, 0.3) is 0 Å². The van der Waals surface area contributed by atoms with Crippen LogP contribution in [0.5, 0.6) is 17.2 Å². The summed E-state index contributed by atoms with van der Waals surface area (Å²) in [7, 11) is 9.04. The highest BCUT2D eigenvalue weighted by Crippen LogP contribution is 2.38. The maximum absolute atomic E-state index is 6.14. The first-order valence-corrected chi connectivity index (χ1v) is 9.53. The van der Waals surface area contributed by atoms with Crippen molar-refractivity contribution in [1.82, 2.24) is 4.90 Å². The van der Waals surface area contributed by atoms with E-state index in [4.69, 9.17) is 18.9 Å². The first-order chi connectivity index (χ1) is 12.5. The third-order valence-electron chi connectivity index (χ3n) is 4.83. The number of hydrogen-bond acceptors (Lipinski definition) is 6. The molecule has 26 heavy (non-hydrogen) atoms. The molecule has 0 fully saturated rings. The molecule has 0 radical (unpaired) electrons. The zero-order chi connectivity index (χ0) is 19.2. The number of thiophene rings is 1. The highest BCUT2D eigenvalue weighted by Gasteiger charge is 2.33. The molecule has 2 rings (SSSR count). The number of ether oxygens (including phenoxy) is 4. The third kappa shape index (κ3) is 4.14. The Kier molecular flexibility index (Phi) is 7.32. The lowest BCUT2D eigenvalue weighted by Crippen LogP contribution is -2.44. The molecule has 0 aliphatic rings. The fourth-order valence-electron chi connectivity index (χ4n) is 3.18. The molecule has 1 atom stereocenters. The summed E-state index contributed by atoms with van der Waals surface area (Å²) in [5, 5.41) is 4.31. The highest BCUT2D eigenvalue weighted by atomic mass is 32.1. The Morgan fingerprint density at radius 1 is 1.04 bits per heavy atom. The van der Waals surface area contributed by atoms with Crippen molar-refractivity contribution in [2.75, 3.05) is 42.0 Å². The van der Waals surface area contributed by atoms with E-state index in [2.05, 4.69) is 42.7 Å². The maximum atomic E-state index is 6.14. The van der Waals surface area contributed by atoms with Crippen molar-refractivity contribution >= 4 is 11.3 Å². The number of nitrogens with zero attached hydrogens (tertiary/aromatic N) is 1. The van der Waals surface area contributed by atoms with Crippen LogP contribution in [0.3, 0.4) is 0 Å². The number of methoxy groups -OCH3 is 3. The van der Waals surface area contributed by atoms with Crippen LogP contribution in [-0.2, 0) is 16.9 Å². The van der Waals surface area contributed by atoms with Gasteiger partial charge < -0.3 is 18.9 Å². The zero-order valence-electron chi connectivity index (χ0n) is 16.5. The van der Waals surface area contributed by atoms with Gasteiger partial charge in [0.2, 0.25) is 5.75 Å². The van der Waals surface area contributed by atoms with Gasteiger partial charge >= 0.3 is 0 Å². The maximum Gasteiger partial charge on any atom is 0.203 e. The van der Waals surface area contributed by atoms with Crippen molar-refractivity contribution in [1.29, 1.82) is 0 Å². The largest absolute Gasteiger partial charge is 0.493 e. The van der Waals surface area contributed by atoms with Crippen LogP contribution in [0.15, 0.2) is 29.0 Å². The lowest BCUT2D eigenvalue weighted by atomic mass is 9.89. The van der Waals surface area contributed by atoms with Gasteiger partial charge in [-0.3, -0.25) is 4.90 Å². The summed E-state index contributed by atoms with van der Waals surface area (Å²) >= 11 is 1.71. The van der Waals surface area contributed by atoms with Crippen molar-refractivity contribution < 1.29 is 18.9 Å². The summed E-state index contributed by atoms with van der Waals surface area (Å²) in [5.41, 5.74) is 2.13. The molecule has 2 aromatic rings. The smallest absolute Gasteiger partial charge is 0.203 e. The first kappa shape index (κ1) is 20.6. The van der Waals surface area contributed by atoms with E-state index in [-0.39, 0.29) is 5.54 Å². The molecule has 1 heterocycles. The van der Waals surface area contributed by atoms with E-state index in [1.807, 2.05) is 12.1 Å². The summed E-state index contributed by atoms with van der Waals surface area (Å²) < 4.78 is 22.4. The van der Waals surface area contributed by atoms with E-state index in [1.54, 1.807) is 32.7 Å². The zero-order valence-corrected chi connectivity index (χ0v) is 17.3. The first-order valence-electron chi connectivity index (χ1n) is 8.59. The van der Waals surface area contributed by atoms with Crippen LogP contribution in [-0.4, -0.2) is 46.9 Å². The Labute approximate surface area is 160 Å². The molecular formula is C20H29NO4S. The Bertz CT molecular complexity index is 662. The summed E-state index contributed by atoms with van der Waals surface area (Å²) in [4.78, 5) is 2.24. The van der Waals surface area contributed by atoms with Crippen LogP contribution in [0.2, 0.25) is 0 Å². The lowest BCUT2D eigenvalue weighted by Gasteiger charge is -2.39. The molecule has 144 valence electrons. The molecule has 0 saturated carbocycles. The third-order valence-corrected chi connectivity index (χ3v) is 5.52. The number of hydrogen-bond donors (Lipinski definition) is 0. The highest BCUT2D eigenvalue weighted by molar-refractivity contribution is 7.08. The van der Waals surface area contributed by atoms with E-state index < -0.39 is 0 Å². The van der Waals surface area contributed by atoms with Crippen molar-refractivity contribution in [2.24, 2.45) is 0 Å². The van der Waals surface area contributed by atoms with Crippen LogP contribution in [0, 0.1) is 0 Å². The van der Waals surface area contributed by atoms with Gasteiger partial charge in [-0.15, -0.1) is 0 Å². The van der Waals surface area contributed by atoms with Gasteiger partial charge in [-0.2, -0.15) is 11.3 Å². The number of likely N-dealkylation sites (N-methyl/N-ethyl adjacent to an activating group) is 1. The van der Waals surface area contributed by atoms with Gasteiger partial charge in [-0.1, -0.05) is 6.92 Å². The molecule has 1 unspecified atom stereocenters. The molecule has 5 nitrogen and oxygen atoms in total. The Hall–Kier alpha value is -1.76. The van der Waals surface area contributed by atoms with Crippen molar-refractivity contribution in [3.63, 3.8) is 0 Å². The second-order valence-electron chi connectivity index (χ2n) is 6.32. The van der Waals surface area contributed by atoms with E-state index in [9.17, 15) is 0 Å². The predicted octanol–water partition coefficient (Wildman–Crippen LogP) is 4.16. The Morgan fingerprint density at radius 2 is 1.69 bits per heavy atom. The van der Waals surface area contributed by atoms with Crippen molar-refractivity contribution in [2.45, 2.75) is 25.5 Å². The summed E-state index contributed by atoms with van der Waals surface area (Å²) in [6.07, 6.45) is 0.964. The molecule has 0 spiro atoms. The predicted molar refractivity (Wildman–Crippen MR) is 106 cm³/mol. The topological polar surface area (TPSA) is 40.2 Å². The minimum Gasteiger partial charge on any atom is -0.493 e. The quantitative estimate of drug-likeness (QED) is 0.620. The monoisotopic (exact) mass is 379 g/mol. The van der Waals surface area contributed by atoms with Crippen LogP contribution in [0.1, 0.15) is 24.5 Å². The average molecular weight is 380 g/mol. The lowest BCUT2D eigenvalue weighted by molar-refractivity contribution is 0.00217. The van der Waals surface area contributed by atoms with Crippen LogP contribution in [0.4, 0.5) is 0 Å². The molecular weight excluding hydrogens is 350 g/mol. The molecule has 0 aliphatic carbocycles. The molecule has 0 amide bonds. The normalized spacial score (nSPS) is 13.5. The van der Waals surface area contributed by atoms with E-state index in [0.717, 1.165) is 12.0 Å². The van der Waals surface area contributed by atoms with Gasteiger partial charge in [0.15, 0.2) is 11.5 Å². The fourth-order valence-corrected chi connectivity index (χ4v) is 3.93. The summed E-state index contributed by atoms with van der Waals surface area (Å²) in [6, 6.07) is 6.03. The molecule has 0 aliphatic heterocycles. The van der Waals surface area contributed by atoms with E-state index in [0.29, 0.717) is 30.5 Å². The molecule has 1 aromatic heterocycles. The second-order valence-corrected chi connectivity index (χ2v) is 7.10. The minimum absolute atomic E-state index is 0.138. The van der Waals surface area contributed by atoms with Gasteiger partial charge in [-0.05, 0) is 60.6 Å². The van der Waals surface area contributed by atoms with Crippen molar-refractivity contribution in [3.8, 4) is 17.2 Å². The molecule has 0 N–H and O–H groups in total. The average Bonchev–Trinajstić information content (AvgIpc) is 3.19. The van der Waals surface area contributed by atoms with Gasteiger partial charge in [0.1, 0.15) is 0 Å². The minimum atomic E-state index is -0.138. The Morgan fingerprint density at radius 3 is 2.12 bits per heavy atom. The second kappa shape index (κ2) is 9.26. The van der Waals surface area contributed by atoms with Gasteiger partial charge in [0.05, 0.1) is 40.1 Å². The van der Waals surface area contributed by atoms with Crippen LogP contribution in [0.25, 0.3) is 0 Å². The van der Waals surface area contributed by atoms with E-state index >= 15 is 0 Å². The fraction of sp³-hybridized carbons (Fsp3) is 0.500. The van der Waals surface area contributed by atoms with Crippen LogP contribution < -0.4 is 14.2 Å². The molecule has 0 bridgehead atoms. The summed E-state index contributed by atoms with van der Waals surface area (Å²) in [5.74, 6) is 1.86. The Balaban J connectivity index is 2.17. The molecule has 6 heteroatoms.